The van der Waals surface area contributed by atoms with Crippen LogP contribution in [0.15, 0.2) is 76.6 Å². The summed E-state index contributed by atoms with van der Waals surface area (Å²) >= 11 is 6.04. The number of aromatic nitrogens is 1. The lowest BCUT2D eigenvalue weighted by molar-refractivity contribution is 0.302. The summed E-state index contributed by atoms with van der Waals surface area (Å²) in [5.41, 5.74) is 2.02. The first-order valence-corrected chi connectivity index (χ1v) is 7.78. The van der Waals surface area contributed by atoms with Gasteiger partial charge in [0, 0.05) is 12.3 Å². The van der Waals surface area contributed by atoms with Crippen molar-refractivity contribution < 1.29 is 4.74 Å². The highest BCUT2D eigenvalue weighted by molar-refractivity contribution is 6.33. The molecular formula is C19H15ClN2O2. The van der Waals surface area contributed by atoms with Crippen molar-refractivity contribution in [1.29, 1.82) is 0 Å². The van der Waals surface area contributed by atoms with Gasteiger partial charge in [-0.1, -0.05) is 54.1 Å². The van der Waals surface area contributed by atoms with Crippen molar-refractivity contribution in [1.82, 2.24) is 4.98 Å². The monoisotopic (exact) mass is 338 g/mol. The number of nitrogens with one attached hydrogen (secondary N) is 1. The van der Waals surface area contributed by atoms with Gasteiger partial charge in [-0.15, -0.1) is 0 Å². The first-order valence-electron chi connectivity index (χ1n) is 7.40. The van der Waals surface area contributed by atoms with Crippen molar-refractivity contribution in [3.8, 4) is 5.75 Å². The Morgan fingerprint density at radius 1 is 1.08 bits per heavy atom. The minimum absolute atomic E-state index is 0.203. The molecule has 0 aliphatic carbocycles. The Hall–Kier alpha value is -2.85. The second kappa shape index (κ2) is 7.62. The Kier molecular flexibility index (Phi) is 5.08. The number of halogens is 1. The summed E-state index contributed by atoms with van der Waals surface area (Å²) in [6.07, 6.45) is 3.10. The van der Waals surface area contributed by atoms with E-state index in [2.05, 4.69) is 9.98 Å². The molecule has 0 atom stereocenters. The molecule has 0 amide bonds. The van der Waals surface area contributed by atoms with E-state index in [0.717, 1.165) is 5.56 Å². The molecule has 3 aromatic rings. The Morgan fingerprint density at radius 3 is 2.58 bits per heavy atom. The second-order valence-electron chi connectivity index (χ2n) is 5.10. The number of ether oxygens (including phenoxy) is 1. The van der Waals surface area contributed by atoms with Gasteiger partial charge in [0.15, 0.2) is 5.75 Å². The molecule has 2 aromatic carbocycles. The van der Waals surface area contributed by atoms with Crippen LogP contribution < -0.4 is 10.2 Å². The zero-order valence-corrected chi connectivity index (χ0v) is 13.5. The Morgan fingerprint density at radius 2 is 1.83 bits per heavy atom. The largest absolute Gasteiger partial charge is 0.483 e. The molecule has 4 nitrogen and oxygen atoms in total. The average Bonchev–Trinajstić information content (AvgIpc) is 2.61. The summed E-state index contributed by atoms with van der Waals surface area (Å²) < 4.78 is 5.55. The summed E-state index contributed by atoms with van der Waals surface area (Å²) in [7, 11) is 0. The molecule has 24 heavy (non-hydrogen) atoms. The molecule has 0 saturated carbocycles. The second-order valence-corrected chi connectivity index (χ2v) is 5.51. The summed E-state index contributed by atoms with van der Waals surface area (Å²) in [6, 6.07) is 18.4. The highest BCUT2D eigenvalue weighted by Gasteiger charge is 2.02. The molecule has 3 rings (SSSR count). The smallest absolute Gasteiger partial charge is 0.224 e. The van der Waals surface area contributed by atoms with Crippen molar-refractivity contribution in [2.75, 3.05) is 0 Å². The maximum absolute atomic E-state index is 12.1. The lowest BCUT2D eigenvalue weighted by Gasteiger charge is -2.05. The van der Waals surface area contributed by atoms with Gasteiger partial charge in [0.25, 0.3) is 0 Å². The number of hydrogen-bond donors (Lipinski definition) is 1. The third kappa shape index (κ3) is 4.12. The third-order valence-corrected chi connectivity index (χ3v) is 3.65. The van der Waals surface area contributed by atoms with Crippen LogP contribution in [0.4, 0.5) is 5.69 Å². The number of rotatable bonds is 5. The molecule has 0 aliphatic heterocycles. The minimum Gasteiger partial charge on any atom is -0.483 e. The van der Waals surface area contributed by atoms with Crippen LogP contribution in [0.5, 0.6) is 5.75 Å². The number of benzene rings is 2. The summed E-state index contributed by atoms with van der Waals surface area (Å²) in [6.45, 7) is 0.344. The number of pyridine rings is 1. The molecule has 1 heterocycles. The molecule has 0 unspecified atom stereocenters. The molecule has 0 fully saturated rings. The van der Waals surface area contributed by atoms with Crippen LogP contribution in [0.25, 0.3) is 0 Å². The maximum atomic E-state index is 12.1. The molecule has 5 heteroatoms. The Bertz CT molecular complexity index is 904. The van der Waals surface area contributed by atoms with E-state index in [4.69, 9.17) is 16.3 Å². The van der Waals surface area contributed by atoms with Crippen LogP contribution in [0.1, 0.15) is 11.3 Å². The minimum atomic E-state index is -0.203. The highest BCUT2D eigenvalue weighted by atomic mass is 35.5. The van der Waals surface area contributed by atoms with Crippen LogP contribution in [0.2, 0.25) is 5.02 Å². The zero-order chi connectivity index (χ0) is 16.8. The van der Waals surface area contributed by atoms with Crippen molar-refractivity contribution in [2.45, 2.75) is 6.61 Å². The molecule has 1 aromatic heterocycles. The number of para-hydroxylation sites is 1. The third-order valence-electron chi connectivity index (χ3n) is 3.33. The maximum Gasteiger partial charge on any atom is 0.224 e. The number of nitrogens with zero attached hydrogens (tertiary/aromatic N) is 1. The van der Waals surface area contributed by atoms with Crippen LogP contribution in [-0.4, -0.2) is 11.2 Å². The standard InChI is InChI=1S/C19H15ClN2O2/c20-16-8-4-5-9-17(16)22-11-15-10-18(23)19(12-21-15)24-13-14-6-2-1-3-7-14/h1-12H,13H2,(H,21,23). The van der Waals surface area contributed by atoms with E-state index in [9.17, 15) is 4.79 Å². The van der Waals surface area contributed by atoms with Crippen molar-refractivity contribution in [2.24, 2.45) is 4.99 Å². The van der Waals surface area contributed by atoms with E-state index in [1.54, 1.807) is 24.5 Å². The van der Waals surface area contributed by atoms with Gasteiger partial charge in [-0.2, -0.15) is 0 Å². The van der Waals surface area contributed by atoms with Crippen LogP contribution >= 0.6 is 11.6 Å². The van der Waals surface area contributed by atoms with Gasteiger partial charge in [0.05, 0.1) is 22.6 Å². The van der Waals surface area contributed by atoms with E-state index in [1.807, 2.05) is 42.5 Å². The SMILES string of the molecule is O=c1cc(C=Nc2ccccc2Cl)[nH]cc1OCc1ccccc1. The molecule has 0 saturated heterocycles. The molecule has 0 aliphatic rings. The molecule has 0 radical (unpaired) electrons. The normalized spacial score (nSPS) is 10.9. The molecule has 120 valence electrons. The fourth-order valence-corrected chi connectivity index (χ4v) is 2.28. The van der Waals surface area contributed by atoms with E-state index >= 15 is 0 Å². The first kappa shape index (κ1) is 16.0. The summed E-state index contributed by atoms with van der Waals surface area (Å²) in [5.74, 6) is 0.272. The lowest BCUT2D eigenvalue weighted by Crippen LogP contribution is -2.09. The number of aromatic amines is 1. The molecule has 0 spiro atoms. The van der Waals surface area contributed by atoms with Crippen molar-refractivity contribution >= 4 is 23.5 Å². The molecule has 0 bridgehead atoms. The fraction of sp³-hybridized carbons (Fsp3) is 0.0526. The Labute approximate surface area is 144 Å². The van der Waals surface area contributed by atoms with Gasteiger partial charge in [-0.3, -0.25) is 9.79 Å². The van der Waals surface area contributed by atoms with Crippen molar-refractivity contribution in [3.63, 3.8) is 0 Å². The zero-order valence-electron chi connectivity index (χ0n) is 12.8. The summed E-state index contributed by atoms with van der Waals surface area (Å²) in [5, 5.41) is 0.555. The van der Waals surface area contributed by atoms with Crippen LogP contribution in [-0.2, 0) is 6.61 Å². The number of hydrogen-bond acceptors (Lipinski definition) is 3. The predicted octanol–water partition coefficient (Wildman–Crippen LogP) is 4.36. The number of aliphatic imine (C=N–C) groups is 1. The Balaban J connectivity index is 1.71. The first-order chi connectivity index (χ1) is 11.7. The topological polar surface area (TPSA) is 54.5 Å². The average molecular weight is 339 g/mol. The lowest BCUT2D eigenvalue weighted by atomic mass is 10.2. The quantitative estimate of drug-likeness (QED) is 0.703. The van der Waals surface area contributed by atoms with Gasteiger partial charge in [-0.25, -0.2) is 0 Å². The molecular weight excluding hydrogens is 324 g/mol. The van der Waals surface area contributed by atoms with Gasteiger partial charge in [-0.05, 0) is 17.7 Å². The van der Waals surface area contributed by atoms with E-state index < -0.39 is 0 Å². The molecule has 1 N–H and O–H groups in total. The fourth-order valence-electron chi connectivity index (χ4n) is 2.09. The highest BCUT2D eigenvalue weighted by Crippen LogP contribution is 2.23. The van der Waals surface area contributed by atoms with Gasteiger partial charge in [0.2, 0.25) is 5.43 Å². The van der Waals surface area contributed by atoms with Gasteiger partial charge >= 0.3 is 0 Å². The van der Waals surface area contributed by atoms with Gasteiger partial charge in [0.1, 0.15) is 6.61 Å². The number of H-pyrrole nitrogens is 1. The van der Waals surface area contributed by atoms with Crippen molar-refractivity contribution in [3.05, 3.63) is 93.4 Å². The van der Waals surface area contributed by atoms with Crippen LogP contribution in [0, 0.1) is 0 Å². The van der Waals surface area contributed by atoms with E-state index in [0.29, 0.717) is 23.0 Å². The van der Waals surface area contributed by atoms with E-state index in [-0.39, 0.29) is 11.2 Å². The van der Waals surface area contributed by atoms with E-state index in [1.165, 1.54) is 6.07 Å². The van der Waals surface area contributed by atoms with Gasteiger partial charge < -0.3 is 9.72 Å². The predicted molar refractivity (Wildman–Crippen MR) is 96.5 cm³/mol. The summed E-state index contributed by atoms with van der Waals surface area (Å²) in [4.78, 5) is 19.4. The van der Waals surface area contributed by atoms with Crippen LogP contribution in [0.3, 0.4) is 0 Å².